The van der Waals surface area contributed by atoms with E-state index in [4.69, 9.17) is 39.5 Å². The van der Waals surface area contributed by atoms with Gasteiger partial charge in [0.1, 0.15) is 16.7 Å². The number of halogens is 3. The first-order valence-corrected chi connectivity index (χ1v) is 10.1. The fourth-order valence-corrected chi connectivity index (χ4v) is 3.49. The minimum absolute atomic E-state index is 0.0984. The van der Waals surface area contributed by atoms with Crippen molar-refractivity contribution in [2.24, 2.45) is 0 Å². The summed E-state index contributed by atoms with van der Waals surface area (Å²) >= 11 is 18.8. The highest BCUT2D eigenvalue weighted by atomic mass is 35.5. The molecule has 5 nitrogen and oxygen atoms in total. The minimum atomic E-state index is -0.566. The molecule has 146 valence electrons. The maximum Gasteiger partial charge on any atom is 0.358 e. The Morgan fingerprint density at radius 1 is 1.21 bits per heavy atom. The topological polar surface area (TPSA) is 64.1 Å². The standard InChI is InChI=1S/C20H18Cl3N3O2/c1-28-19(27)16-15(23)18(25-17(24-16)12-5-6-12)26-20(9-10-20)8-7-11-3-2-4-13(21)14(11)22/h2-4,7-8,12H,5-6,9-10H2,1H3,(H,24,25,26)/b8-7+. The third-order valence-electron chi connectivity index (χ3n) is 4.91. The summed E-state index contributed by atoms with van der Waals surface area (Å²) in [5.41, 5.74) is 0.642. The van der Waals surface area contributed by atoms with E-state index in [0.717, 1.165) is 31.2 Å². The number of hydrogen-bond acceptors (Lipinski definition) is 5. The first-order valence-electron chi connectivity index (χ1n) is 8.99. The number of nitrogens with one attached hydrogen (secondary N) is 1. The molecule has 1 aromatic carbocycles. The summed E-state index contributed by atoms with van der Waals surface area (Å²) in [6.07, 6.45) is 7.83. The van der Waals surface area contributed by atoms with E-state index < -0.39 is 5.97 Å². The average Bonchev–Trinajstić information content (AvgIpc) is 3.59. The third kappa shape index (κ3) is 3.97. The van der Waals surface area contributed by atoms with Crippen LogP contribution in [0.2, 0.25) is 15.1 Å². The maximum atomic E-state index is 12.1. The zero-order valence-corrected chi connectivity index (χ0v) is 17.4. The van der Waals surface area contributed by atoms with Crippen LogP contribution in [-0.4, -0.2) is 28.6 Å². The largest absolute Gasteiger partial charge is 0.464 e. The Hall–Kier alpha value is -1.82. The lowest BCUT2D eigenvalue weighted by atomic mass is 10.1. The van der Waals surface area contributed by atoms with Crippen LogP contribution in [0, 0.1) is 0 Å². The number of benzene rings is 1. The smallest absolute Gasteiger partial charge is 0.358 e. The van der Waals surface area contributed by atoms with Crippen molar-refractivity contribution in [3.8, 4) is 0 Å². The number of anilines is 1. The quantitative estimate of drug-likeness (QED) is 0.581. The van der Waals surface area contributed by atoms with Gasteiger partial charge in [-0.1, -0.05) is 59.1 Å². The summed E-state index contributed by atoms with van der Waals surface area (Å²) in [5.74, 6) is 0.795. The first kappa shape index (κ1) is 19.5. The van der Waals surface area contributed by atoms with Crippen molar-refractivity contribution < 1.29 is 9.53 Å². The monoisotopic (exact) mass is 437 g/mol. The molecule has 28 heavy (non-hydrogen) atoms. The van der Waals surface area contributed by atoms with Crippen molar-refractivity contribution in [1.82, 2.24) is 9.97 Å². The molecular weight excluding hydrogens is 421 g/mol. The highest BCUT2D eigenvalue weighted by molar-refractivity contribution is 6.42. The molecular formula is C20H18Cl3N3O2. The van der Waals surface area contributed by atoms with Gasteiger partial charge in [-0.3, -0.25) is 0 Å². The van der Waals surface area contributed by atoms with E-state index in [-0.39, 0.29) is 22.2 Å². The number of ether oxygens (including phenoxy) is 1. The van der Waals surface area contributed by atoms with Crippen LogP contribution < -0.4 is 5.32 Å². The Labute approximate surface area is 178 Å². The molecule has 0 spiro atoms. The van der Waals surface area contributed by atoms with Crippen LogP contribution >= 0.6 is 34.8 Å². The molecule has 0 radical (unpaired) electrons. The predicted octanol–water partition coefficient (Wildman–Crippen LogP) is 5.76. The van der Waals surface area contributed by atoms with Crippen molar-refractivity contribution in [2.45, 2.75) is 37.1 Å². The molecule has 2 aliphatic carbocycles. The van der Waals surface area contributed by atoms with Gasteiger partial charge in [0.05, 0.1) is 22.7 Å². The second kappa shape index (κ2) is 7.54. The van der Waals surface area contributed by atoms with Crippen LogP contribution in [0.1, 0.15) is 53.5 Å². The molecule has 8 heteroatoms. The van der Waals surface area contributed by atoms with Crippen LogP contribution in [0.3, 0.4) is 0 Å². The van der Waals surface area contributed by atoms with Crippen LogP contribution in [0.4, 0.5) is 5.82 Å². The molecule has 0 unspecified atom stereocenters. The van der Waals surface area contributed by atoms with Gasteiger partial charge in [0.15, 0.2) is 5.69 Å². The molecule has 2 aromatic rings. The normalized spacial score (nSPS) is 17.6. The molecule has 0 saturated heterocycles. The fourth-order valence-electron chi connectivity index (χ4n) is 2.91. The van der Waals surface area contributed by atoms with E-state index in [1.54, 1.807) is 6.07 Å². The van der Waals surface area contributed by atoms with Crippen molar-refractivity contribution >= 4 is 52.7 Å². The molecule has 0 bridgehead atoms. The van der Waals surface area contributed by atoms with Gasteiger partial charge in [0, 0.05) is 5.92 Å². The second-order valence-corrected chi connectivity index (χ2v) is 8.28. The number of carbonyl (C=O) groups is 1. The average molecular weight is 439 g/mol. The number of rotatable bonds is 6. The van der Waals surface area contributed by atoms with Gasteiger partial charge in [-0.2, -0.15) is 0 Å². The van der Waals surface area contributed by atoms with E-state index in [1.165, 1.54) is 7.11 Å². The molecule has 2 saturated carbocycles. The highest BCUT2D eigenvalue weighted by Gasteiger charge is 2.42. The highest BCUT2D eigenvalue weighted by Crippen LogP contribution is 2.44. The van der Waals surface area contributed by atoms with E-state index in [9.17, 15) is 4.79 Å². The van der Waals surface area contributed by atoms with Crippen molar-refractivity contribution in [1.29, 1.82) is 0 Å². The lowest BCUT2D eigenvalue weighted by molar-refractivity contribution is 0.0593. The third-order valence-corrected chi connectivity index (χ3v) is 6.10. The number of nitrogens with zero attached hydrogens (tertiary/aromatic N) is 2. The van der Waals surface area contributed by atoms with E-state index >= 15 is 0 Å². The zero-order valence-electron chi connectivity index (χ0n) is 15.1. The van der Waals surface area contributed by atoms with Gasteiger partial charge in [-0.05, 0) is 37.3 Å². The van der Waals surface area contributed by atoms with E-state index in [2.05, 4.69) is 15.3 Å². The molecule has 1 heterocycles. The molecule has 2 fully saturated rings. The Balaban J connectivity index is 1.63. The van der Waals surface area contributed by atoms with Gasteiger partial charge in [0.2, 0.25) is 0 Å². The van der Waals surface area contributed by atoms with Crippen LogP contribution in [-0.2, 0) is 4.74 Å². The van der Waals surface area contributed by atoms with Gasteiger partial charge >= 0.3 is 5.97 Å². The van der Waals surface area contributed by atoms with Gasteiger partial charge in [0.25, 0.3) is 0 Å². The van der Waals surface area contributed by atoms with E-state index in [1.807, 2.05) is 24.3 Å². The molecule has 2 aliphatic rings. The molecule has 1 N–H and O–H groups in total. The van der Waals surface area contributed by atoms with E-state index in [0.29, 0.717) is 21.7 Å². The molecule has 0 atom stereocenters. The number of hydrogen-bond donors (Lipinski definition) is 1. The van der Waals surface area contributed by atoms with Gasteiger partial charge in [-0.25, -0.2) is 14.8 Å². The lowest BCUT2D eigenvalue weighted by Gasteiger charge is -2.17. The number of esters is 1. The Bertz CT molecular complexity index is 969. The Kier molecular flexibility index (Phi) is 5.25. The number of carbonyl (C=O) groups excluding carboxylic acids is 1. The summed E-state index contributed by atoms with van der Waals surface area (Å²) in [6, 6.07) is 5.51. The number of methoxy groups -OCH3 is 1. The zero-order chi connectivity index (χ0) is 19.9. The summed E-state index contributed by atoms with van der Waals surface area (Å²) in [5, 5.41) is 4.59. The summed E-state index contributed by atoms with van der Waals surface area (Å²) in [4.78, 5) is 21.0. The molecule has 0 aliphatic heterocycles. The number of aromatic nitrogens is 2. The molecule has 4 rings (SSSR count). The SMILES string of the molecule is COC(=O)c1nc(C2CC2)nc(NC2(/C=C/c3cccc(Cl)c3Cl)CC2)c1Cl. The van der Waals surface area contributed by atoms with Crippen molar-refractivity contribution in [2.75, 3.05) is 12.4 Å². The molecule has 0 amide bonds. The predicted molar refractivity (Wildman–Crippen MR) is 111 cm³/mol. The fraction of sp³-hybridized carbons (Fsp3) is 0.350. The Morgan fingerprint density at radius 2 is 1.96 bits per heavy atom. The summed E-state index contributed by atoms with van der Waals surface area (Å²) in [7, 11) is 1.31. The molecule has 1 aromatic heterocycles. The van der Waals surface area contributed by atoms with Crippen LogP contribution in [0.25, 0.3) is 6.08 Å². The minimum Gasteiger partial charge on any atom is -0.464 e. The second-order valence-electron chi connectivity index (χ2n) is 7.12. The summed E-state index contributed by atoms with van der Waals surface area (Å²) < 4.78 is 4.82. The lowest BCUT2D eigenvalue weighted by Crippen LogP contribution is -2.21. The van der Waals surface area contributed by atoms with Gasteiger partial charge in [-0.15, -0.1) is 0 Å². The summed E-state index contributed by atoms with van der Waals surface area (Å²) in [6.45, 7) is 0. The maximum absolute atomic E-state index is 12.1. The van der Waals surface area contributed by atoms with Crippen LogP contribution in [0.5, 0.6) is 0 Å². The van der Waals surface area contributed by atoms with Crippen LogP contribution in [0.15, 0.2) is 24.3 Å². The van der Waals surface area contributed by atoms with Crippen molar-refractivity contribution in [3.63, 3.8) is 0 Å². The van der Waals surface area contributed by atoms with Crippen molar-refractivity contribution in [3.05, 3.63) is 56.4 Å². The Morgan fingerprint density at radius 3 is 2.61 bits per heavy atom. The first-order chi connectivity index (χ1) is 13.4. The van der Waals surface area contributed by atoms with Gasteiger partial charge < -0.3 is 10.1 Å².